The van der Waals surface area contributed by atoms with E-state index in [0.717, 1.165) is 25.2 Å². The van der Waals surface area contributed by atoms with Crippen LogP contribution in [0.3, 0.4) is 0 Å². The lowest BCUT2D eigenvalue weighted by Crippen LogP contribution is -2.04. The third kappa shape index (κ3) is 8.79. The topological polar surface area (TPSA) is 85.1 Å². The minimum Gasteiger partial charge on any atom is -0.335 e. The van der Waals surface area contributed by atoms with Gasteiger partial charge in [0.1, 0.15) is 5.82 Å². The van der Waals surface area contributed by atoms with Crippen molar-refractivity contribution in [1.29, 1.82) is 0 Å². The second-order valence-corrected chi connectivity index (χ2v) is 7.14. The van der Waals surface area contributed by atoms with Crippen LogP contribution in [0.25, 0.3) is 0 Å². The summed E-state index contributed by atoms with van der Waals surface area (Å²) >= 11 is 0. The van der Waals surface area contributed by atoms with Crippen LogP contribution in [0.4, 0.5) is 0 Å². The average molecular weight is 353 g/mol. The van der Waals surface area contributed by atoms with E-state index in [1.807, 2.05) is 25.4 Å². The van der Waals surface area contributed by atoms with Crippen LogP contribution >= 0.6 is 0 Å². The van der Waals surface area contributed by atoms with Gasteiger partial charge in [0.05, 0.1) is 5.75 Å². The van der Waals surface area contributed by atoms with E-state index in [-0.39, 0.29) is 5.75 Å². The Labute approximate surface area is 144 Å². The van der Waals surface area contributed by atoms with Crippen molar-refractivity contribution in [2.24, 2.45) is 0 Å². The Morgan fingerprint density at radius 2 is 1.92 bits per heavy atom. The molecule has 0 aliphatic carbocycles. The molecular weight excluding hydrogens is 326 g/mol. The standard InChI is InChI=1S/C13H17N3.C4H10O3S/c1-2-3-8-16-9-7-15-13(16)10-12-5-4-6-14-11-12;1-2-3-4-8(5,6)7/h4-7,9,11H,2-3,8,10H2,1H3;2-4H2,1H3,(H,5,6,7). The van der Waals surface area contributed by atoms with Crippen LogP contribution in [-0.4, -0.2) is 33.3 Å². The number of imidazole rings is 1. The SMILES string of the molecule is CCCCS(=O)(=O)O.CCCCn1ccnc1Cc1cccnc1. The molecule has 0 bridgehead atoms. The maximum absolute atomic E-state index is 9.95. The lowest BCUT2D eigenvalue weighted by Gasteiger charge is -2.06. The Balaban J connectivity index is 0.000000307. The molecule has 0 aliphatic rings. The van der Waals surface area contributed by atoms with Crippen molar-refractivity contribution in [2.75, 3.05) is 5.75 Å². The summed E-state index contributed by atoms with van der Waals surface area (Å²) in [7, 11) is -3.69. The van der Waals surface area contributed by atoms with Crippen molar-refractivity contribution in [3.8, 4) is 0 Å². The highest BCUT2D eigenvalue weighted by Crippen LogP contribution is 2.07. The second kappa shape index (κ2) is 10.9. The zero-order chi connectivity index (χ0) is 17.8. The molecule has 0 aromatic carbocycles. The van der Waals surface area contributed by atoms with Crippen LogP contribution in [0.15, 0.2) is 36.9 Å². The average Bonchev–Trinajstić information content (AvgIpc) is 2.99. The zero-order valence-corrected chi connectivity index (χ0v) is 15.2. The van der Waals surface area contributed by atoms with E-state index < -0.39 is 10.1 Å². The minimum absolute atomic E-state index is 0.108. The first-order valence-electron chi connectivity index (χ1n) is 8.30. The van der Waals surface area contributed by atoms with E-state index >= 15 is 0 Å². The van der Waals surface area contributed by atoms with E-state index in [1.54, 1.807) is 6.20 Å². The van der Waals surface area contributed by atoms with E-state index in [0.29, 0.717) is 6.42 Å². The molecule has 0 saturated heterocycles. The Bertz CT molecular complexity index is 669. The van der Waals surface area contributed by atoms with Gasteiger partial charge in [-0.15, -0.1) is 0 Å². The molecule has 0 aliphatic heterocycles. The normalized spacial score (nSPS) is 11.0. The van der Waals surface area contributed by atoms with Crippen molar-refractivity contribution < 1.29 is 13.0 Å². The molecule has 0 atom stereocenters. The van der Waals surface area contributed by atoms with Gasteiger partial charge >= 0.3 is 0 Å². The lowest BCUT2D eigenvalue weighted by molar-refractivity contribution is 0.480. The highest BCUT2D eigenvalue weighted by molar-refractivity contribution is 7.85. The van der Waals surface area contributed by atoms with Gasteiger partial charge in [0.15, 0.2) is 0 Å². The number of hydrogen-bond acceptors (Lipinski definition) is 4. The van der Waals surface area contributed by atoms with E-state index in [4.69, 9.17) is 4.55 Å². The summed E-state index contributed by atoms with van der Waals surface area (Å²) in [6.07, 6.45) is 12.2. The number of pyridine rings is 1. The number of rotatable bonds is 8. The second-order valence-electron chi connectivity index (χ2n) is 5.57. The number of unbranched alkanes of at least 4 members (excludes halogenated alkanes) is 2. The molecule has 2 aromatic heterocycles. The first-order valence-corrected chi connectivity index (χ1v) is 9.91. The van der Waals surface area contributed by atoms with Gasteiger partial charge in [-0.25, -0.2) is 4.98 Å². The Kier molecular flexibility index (Phi) is 9.26. The summed E-state index contributed by atoms with van der Waals surface area (Å²) in [6.45, 7) is 5.13. The number of nitrogens with zero attached hydrogens (tertiary/aromatic N) is 3. The maximum atomic E-state index is 9.95. The molecule has 7 heteroatoms. The summed E-state index contributed by atoms with van der Waals surface area (Å²) < 4.78 is 30.2. The Morgan fingerprint density at radius 1 is 1.17 bits per heavy atom. The molecule has 0 fully saturated rings. The highest BCUT2D eigenvalue weighted by Gasteiger charge is 2.03. The molecule has 0 saturated carbocycles. The van der Waals surface area contributed by atoms with Crippen molar-refractivity contribution in [3.63, 3.8) is 0 Å². The van der Waals surface area contributed by atoms with Crippen LogP contribution < -0.4 is 0 Å². The van der Waals surface area contributed by atoms with Gasteiger partial charge in [-0.1, -0.05) is 32.8 Å². The van der Waals surface area contributed by atoms with Gasteiger partial charge in [0, 0.05) is 37.8 Å². The molecule has 2 rings (SSSR count). The molecule has 134 valence electrons. The minimum atomic E-state index is -3.69. The molecular formula is C17H27N3O3S. The van der Waals surface area contributed by atoms with Gasteiger partial charge in [-0.2, -0.15) is 8.42 Å². The van der Waals surface area contributed by atoms with Crippen molar-refractivity contribution in [2.45, 2.75) is 52.5 Å². The summed E-state index contributed by atoms with van der Waals surface area (Å²) in [4.78, 5) is 8.52. The van der Waals surface area contributed by atoms with Crippen LogP contribution in [0.1, 0.15) is 50.9 Å². The van der Waals surface area contributed by atoms with Crippen LogP contribution in [0.5, 0.6) is 0 Å². The first-order chi connectivity index (χ1) is 11.5. The van der Waals surface area contributed by atoms with Crippen molar-refractivity contribution >= 4 is 10.1 Å². The largest absolute Gasteiger partial charge is 0.335 e. The maximum Gasteiger partial charge on any atom is 0.264 e. The van der Waals surface area contributed by atoms with Gasteiger partial charge in [0.25, 0.3) is 10.1 Å². The summed E-state index contributed by atoms with van der Waals surface area (Å²) in [5.41, 5.74) is 1.21. The monoisotopic (exact) mass is 353 g/mol. The fourth-order valence-electron chi connectivity index (χ4n) is 2.05. The van der Waals surface area contributed by atoms with Gasteiger partial charge in [-0.05, 0) is 24.5 Å². The van der Waals surface area contributed by atoms with Gasteiger partial charge in [-0.3, -0.25) is 9.54 Å². The predicted octanol–water partition coefficient (Wildman–Crippen LogP) is 3.34. The summed E-state index contributed by atoms with van der Waals surface area (Å²) in [5.74, 6) is 1.02. The molecule has 1 N–H and O–H groups in total. The fraction of sp³-hybridized carbons (Fsp3) is 0.529. The zero-order valence-electron chi connectivity index (χ0n) is 14.4. The molecule has 24 heavy (non-hydrogen) atoms. The van der Waals surface area contributed by atoms with Gasteiger partial charge < -0.3 is 4.57 Å². The van der Waals surface area contributed by atoms with Crippen LogP contribution in [-0.2, 0) is 23.1 Å². The predicted molar refractivity (Wildman–Crippen MR) is 95.5 cm³/mol. The fourth-order valence-corrected chi connectivity index (χ4v) is 2.70. The van der Waals surface area contributed by atoms with E-state index in [1.165, 1.54) is 18.4 Å². The quantitative estimate of drug-likeness (QED) is 0.736. The van der Waals surface area contributed by atoms with Crippen molar-refractivity contribution in [3.05, 3.63) is 48.3 Å². The van der Waals surface area contributed by atoms with Crippen LogP contribution in [0.2, 0.25) is 0 Å². The van der Waals surface area contributed by atoms with E-state index in [9.17, 15) is 8.42 Å². The third-order valence-electron chi connectivity index (χ3n) is 3.40. The Morgan fingerprint density at radius 3 is 2.46 bits per heavy atom. The molecule has 2 heterocycles. The number of aryl methyl sites for hydroxylation is 1. The molecule has 0 spiro atoms. The van der Waals surface area contributed by atoms with Gasteiger partial charge in [0.2, 0.25) is 0 Å². The summed E-state index contributed by atoms with van der Waals surface area (Å²) in [6, 6.07) is 4.06. The third-order valence-corrected chi connectivity index (χ3v) is 4.20. The number of hydrogen-bond donors (Lipinski definition) is 1. The highest BCUT2D eigenvalue weighted by atomic mass is 32.2. The van der Waals surface area contributed by atoms with Crippen LogP contribution in [0, 0.1) is 0 Å². The molecule has 6 nitrogen and oxygen atoms in total. The molecule has 2 aromatic rings. The lowest BCUT2D eigenvalue weighted by atomic mass is 10.2. The number of aromatic nitrogens is 3. The van der Waals surface area contributed by atoms with Crippen molar-refractivity contribution in [1.82, 2.24) is 14.5 Å². The smallest absolute Gasteiger partial charge is 0.264 e. The van der Waals surface area contributed by atoms with E-state index in [2.05, 4.69) is 33.7 Å². The summed E-state index contributed by atoms with van der Waals surface area (Å²) in [5, 5.41) is 0. The Hall–Kier alpha value is -1.73. The molecule has 0 amide bonds. The molecule has 0 unspecified atom stereocenters. The first kappa shape index (κ1) is 20.3. The molecule has 0 radical (unpaired) electrons.